The van der Waals surface area contributed by atoms with Gasteiger partial charge in [0.25, 0.3) is 0 Å². The number of halogens is 2. The van der Waals surface area contributed by atoms with Gasteiger partial charge in [-0.25, -0.2) is 14.6 Å². The van der Waals surface area contributed by atoms with E-state index in [2.05, 4.69) is 20.3 Å². The van der Waals surface area contributed by atoms with Crippen LogP contribution in [0.2, 0.25) is 10.0 Å². The quantitative estimate of drug-likeness (QED) is 0.536. The number of hydrogen-bond donors (Lipinski definition) is 1. The van der Waals surface area contributed by atoms with Gasteiger partial charge in [-0.3, -0.25) is 9.59 Å². The minimum atomic E-state index is -0.180. The summed E-state index contributed by atoms with van der Waals surface area (Å²) in [5.41, 5.74) is 2.06. The zero-order valence-corrected chi connectivity index (χ0v) is 20.3. The first-order valence-electron chi connectivity index (χ1n) is 11.4. The van der Waals surface area contributed by atoms with Crippen molar-refractivity contribution in [3.05, 3.63) is 45.7 Å². The lowest BCUT2D eigenvalue weighted by Gasteiger charge is -2.36. The van der Waals surface area contributed by atoms with Crippen LogP contribution >= 0.6 is 23.2 Å². The molecule has 2 aromatic heterocycles. The van der Waals surface area contributed by atoms with Gasteiger partial charge >= 0.3 is 0 Å². The van der Waals surface area contributed by atoms with E-state index in [4.69, 9.17) is 28.2 Å². The largest absolute Gasteiger partial charge is 0.352 e. The zero-order chi connectivity index (χ0) is 23.8. The van der Waals surface area contributed by atoms with E-state index < -0.39 is 0 Å². The molecular formula is C23H25Cl2N7O2. The highest BCUT2D eigenvalue weighted by Crippen LogP contribution is 2.25. The molecule has 0 spiro atoms. The number of anilines is 1. The molecule has 2 aliphatic rings. The van der Waals surface area contributed by atoms with Crippen LogP contribution in [0.25, 0.3) is 11.2 Å². The van der Waals surface area contributed by atoms with E-state index >= 15 is 0 Å². The first kappa shape index (κ1) is 23.0. The van der Waals surface area contributed by atoms with Crippen LogP contribution in [0.4, 0.5) is 5.82 Å². The Morgan fingerprint density at radius 3 is 2.65 bits per heavy atom. The van der Waals surface area contributed by atoms with Crippen LogP contribution in [-0.2, 0) is 11.3 Å². The lowest BCUT2D eigenvalue weighted by Crippen LogP contribution is -2.53. The topological polar surface area (TPSA) is 96.3 Å². The summed E-state index contributed by atoms with van der Waals surface area (Å²) in [4.78, 5) is 38.3. The second-order valence-electron chi connectivity index (χ2n) is 8.66. The van der Waals surface area contributed by atoms with Crippen molar-refractivity contribution in [1.82, 2.24) is 30.0 Å². The van der Waals surface area contributed by atoms with Crippen molar-refractivity contribution in [2.45, 2.75) is 32.4 Å². The summed E-state index contributed by atoms with van der Waals surface area (Å²) in [6, 6.07) is 5.22. The molecule has 0 saturated carbocycles. The number of fused-ring (bicyclic) bond motifs is 1. The van der Waals surface area contributed by atoms with E-state index in [9.17, 15) is 9.59 Å². The van der Waals surface area contributed by atoms with Gasteiger partial charge in [0.15, 0.2) is 17.1 Å². The monoisotopic (exact) mass is 501 g/mol. The third-order valence-electron chi connectivity index (χ3n) is 6.37. The van der Waals surface area contributed by atoms with E-state index in [1.165, 1.54) is 6.92 Å². The van der Waals surface area contributed by atoms with Crippen molar-refractivity contribution in [2.24, 2.45) is 0 Å². The van der Waals surface area contributed by atoms with Gasteiger partial charge in [-0.2, -0.15) is 5.10 Å². The molecule has 1 amide bonds. The fourth-order valence-electron chi connectivity index (χ4n) is 4.52. The number of aromatic nitrogens is 4. The Morgan fingerprint density at radius 2 is 1.97 bits per heavy atom. The highest BCUT2D eigenvalue weighted by Gasteiger charge is 2.30. The Morgan fingerprint density at radius 1 is 1.18 bits per heavy atom. The SMILES string of the molecule is CC(=O)c1nn(Cc2ccc(Cl)cc2Cl)c2nc(N3CCN(C(=O)C4CCCN4)CC3)cnc12. The molecule has 178 valence electrons. The number of amides is 1. The normalized spacial score (nSPS) is 18.6. The lowest BCUT2D eigenvalue weighted by molar-refractivity contribution is -0.133. The van der Waals surface area contributed by atoms with Gasteiger partial charge in [0.05, 0.1) is 18.8 Å². The van der Waals surface area contributed by atoms with Gasteiger partial charge in [0.1, 0.15) is 11.3 Å². The molecule has 0 aliphatic carbocycles. The molecule has 0 radical (unpaired) electrons. The molecule has 2 fully saturated rings. The standard InChI is InChI=1S/C23H25Cl2N7O2/c1-14(33)20-21-22(32(29-20)13-15-4-5-16(24)11-17(15)25)28-19(12-27-21)30-7-9-31(10-8-30)23(34)18-3-2-6-26-18/h4-5,11-12,18,26H,2-3,6-10,13H2,1H3. The molecule has 9 nitrogen and oxygen atoms in total. The minimum absolute atomic E-state index is 0.0539. The number of hydrogen-bond acceptors (Lipinski definition) is 7. The molecule has 1 aromatic carbocycles. The molecule has 5 rings (SSSR count). The third-order valence-corrected chi connectivity index (χ3v) is 6.96. The van der Waals surface area contributed by atoms with Gasteiger partial charge < -0.3 is 15.1 Å². The number of nitrogens with zero attached hydrogens (tertiary/aromatic N) is 6. The maximum atomic E-state index is 12.7. The maximum Gasteiger partial charge on any atom is 0.239 e. The Hall–Kier alpha value is -2.75. The average Bonchev–Trinajstić information content (AvgIpc) is 3.49. The molecule has 11 heteroatoms. The van der Waals surface area contributed by atoms with Gasteiger partial charge in [0.2, 0.25) is 5.91 Å². The molecule has 4 heterocycles. The van der Waals surface area contributed by atoms with E-state index in [0.717, 1.165) is 24.9 Å². The van der Waals surface area contributed by atoms with Crippen molar-refractivity contribution in [3.8, 4) is 0 Å². The number of carbonyl (C=O) groups excluding carboxylic acids is 2. The second-order valence-corrected chi connectivity index (χ2v) is 9.50. The van der Waals surface area contributed by atoms with Gasteiger partial charge in [-0.1, -0.05) is 29.3 Å². The predicted octanol–water partition coefficient (Wildman–Crippen LogP) is 2.78. The molecular weight excluding hydrogens is 477 g/mol. The molecule has 1 atom stereocenters. The van der Waals surface area contributed by atoms with Gasteiger partial charge in [-0.05, 0) is 37.1 Å². The van der Waals surface area contributed by atoms with Crippen molar-refractivity contribution in [2.75, 3.05) is 37.6 Å². The van der Waals surface area contributed by atoms with Crippen LogP contribution in [0.3, 0.4) is 0 Å². The fourth-order valence-corrected chi connectivity index (χ4v) is 4.98. The number of piperazine rings is 1. The van der Waals surface area contributed by atoms with Crippen LogP contribution < -0.4 is 10.2 Å². The first-order valence-corrected chi connectivity index (χ1v) is 12.1. The number of carbonyl (C=O) groups is 2. The third kappa shape index (κ3) is 4.47. The summed E-state index contributed by atoms with van der Waals surface area (Å²) in [7, 11) is 0. The maximum absolute atomic E-state index is 12.7. The second kappa shape index (κ2) is 9.48. The number of benzene rings is 1. The molecule has 1 unspecified atom stereocenters. The van der Waals surface area contributed by atoms with Crippen LogP contribution in [-0.4, -0.2) is 75.1 Å². The van der Waals surface area contributed by atoms with Crippen molar-refractivity contribution in [3.63, 3.8) is 0 Å². The molecule has 2 saturated heterocycles. The summed E-state index contributed by atoms with van der Waals surface area (Å²) >= 11 is 12.4. The van der Waals surface area contributed by atoms with Crippen molar-refractivity contribution >= 4 is 51.9 Å². The van der Waals surface area contributed by atoms with Gasteiger partial charge in [0, 0.05) is 43.1 Å². The average molecular weight is 502 g/mol. The minimum Gasteiger partial charge on any atom is -0.352 e. The van der Waals surface area contributed by atoms with E-state index in [0.29, 0.717) is 59.8 Å². The Balaban J connectivity index is 1.39. The predicted molar refractivity (Wildman–Crippen MR) is 131 cm³/mol. The lowest BCUT2D eigenvalue weighted by atomic mass is 10.2. The highest BCUT2D eigenvalue weighted by atomic mass is 35.5. The molecule has 34 heavy (non-hydrogen) atoms. The number of Topliss-reactive ketones (excluding diaryl/α,β-unsaturated/α-hetero) is 1. The number of nitrogens with one attached hydrogen (secondary N) is 1. The molecule has 2 aliphatic heterocycles. The summed E-state index contributed by atoms with van der Waals surface area (Å²) in [5.74, 6) is 0.695. The van der Waals surface area contributed by atoms with E-state index in [-0.39, 0.29) is 23.4 Å². The van der Waals surface area contributed by atoms with Crippen LogP contribution in [0.15, 0.2) is 24.4 Å². The summed E-state index contributed by atoms with van der Waals surface area (Å²) in [6.45, 7) is 5.29. The van der Waals surface area contributed by atoms with Crippen LogP contribution in [0.5, 0.6) is 0 Å². The Kier molecular flexibility index (Phi) is 6.42. The first-order chi connectivity index (χ1) is 16.4. The van der Waals surface area contributed by atoms with E-state index in [1.54, 1.807) is 23.0 Å². The smallest absolute Gasteiger partial charge is 0.239 e. The summed E-state index contributed by atoms with van der Waals surface area (Å²) < 4.78 is 1.66. The Labute approximate surface area is 207 Å². The number of rotatable bonds is 5. The Bertz CT molecular complexity index is 1250. The molecule has 3 aromatic rings. The summed E-state index contributed by atoms with van der Waals surface area (Å²) in [6.07, 6.45) is 3.62. The molecule has 1 N–H and O–H groups in total. The highest BCUT2D eigenvalue weighted by molar-refractivity contribution is 6.35. The van der Waals surface area contributed by atoms with Crippen molar-refractivity contribution in [1.29, 1.82) is 0 Å². The fraction of sp³-hybridized carbons (Fsp3) is 0.435. The summed E-state index contributed by atoms with van der Waals surface area (Å²) in [5, 5.41) is 8.83. The zero-order valence-electron chi connectivity index (χ0n) is 18.8. The van der Waals surface area contributed by atoms with Crippen molar-refractivity contribution < 1.29 is 9.59 Å². The number of ketones is 1. The van der Waals surface area contributed by atoms with Crippen LogP contribution in [0.1, 0.15) is 35.8 Å². The van der Waals surface area contributed by atoms with Crippen LogP contribution in [0, 0.1) is 0 Å². The van der Waals surface area contributed by atoms with Gasteiger partial charge in [-0.15, -0.1) is 0 Å². The molecule has 0 bridgehead atoms. The van der Waals surface area contributed by atoms with E-state index in [1.807, 2.05) is 11.0 Å².